The number of thiazole rings is 1. The lowest BCUT2D eigenvalue weighted by Gasteiger charge is -2.08. The lowest BCUT2D eigenvalue weighted by atomic mass is 10.1. The van der Waals surface area contributed by atoms with Crippen molar-refractivity contribution in [1.29, 1.82) is 0 Å². The van der Waals surface area contributed by atoms with Gasteiger partial charge in [0.15, 0.2) is 4.80 Å². The molecule has 3 aromatic rings. The van der Waals surface area contributed by atoms with Gasteiger partial charge in [-0.05, 0) is 62.1 Å². The third-order valence-corrected chi connectivity index (χ3v) is 5.07. The molecule has 0 bridgehead atoms. The topological polar surface area (TPSA) is 17.3 Å². The van der Waals surface area contributed by atoms with Crippen molar-refractivity contribution in [2.24, 2.45) is 4.99 Å². The minimum atomic E-state index is -0.178. The molecule has 1 aromatic heterocycles. The van der Waals surface area contributed by atoms with E-state index in [0.29, 0.717) is 11.6 Å². The summed E-state index contributed by atoms with van der Waals surface area (Å²) in [5.74, 6) is -0.178. The van der Waals surface area contributed by atoms with E-state index in [1.807, 2.05) is 17.5 Å². The highest BCUT2D eigenvalue weighted by atomic mass is 32.1. The Kier molecular flexibility index (Phi) is 3.85. The van der Waals surface area contributed by atoms with Gasteiger partial charge in [0.05, 0.1) is 11.4 Å². The first kappa shape index (κ1) is 15.3. The zero-order valence-electron chi connectivity index (χ0n) is 13.8. The van der Waals surface area contributed by atoms with E-state index in [2.05, 4.69) is 36.6 Å². The van der Waals surface area contributed by atoms with Crippen LogP contribution in [0.2, 0.25) is 0 Å². The smallest absolute Gasteiger partial charge is 0.190 e. The molecule has 0 aliphatic heterocycles. The normalized spacial score (nSPS) is 15.0. The van der Waals surface area contributed by atoms with E-state index in [1.165, 1.54) is 17.2 Å². The number of aryl methyl sites for hydroxylation is 2. The third-order valence-electron chi connectivity index (χ3n) is 4.23. The van der Waals surface area contributed by atoms with Crippen LogP contribution in [0, 0.1) is 19.7 Å². The van der Waals surface area contributed by atoms with Gasteiger partial charge in [0.2, 0.25) is 0 Å². The first-order valence-electron chi connectivity index (χ1n) is 8.20. The van der Waals surface area contributed by atoms with Crippen molar-refractivity contribution in [3.8, 4) is 11.3 Å². The number of halogens is 1. The summed E-state index contributed by atoms with van der Waals surface area (Å²) in [4.78, 5) is 5.80. The van der Waals surface area contributed by atoms with Gasteiger partial charge in [-0.3, -0.25) is 0 Å². The number of hydrogen-bond donors (Lipinski definition) is 0. The number of hydrogen-bond acceptors (Lipinski definition) is 2. The molecule has 0 atom stereocenters. The number of aromatic nitrogens is 1. The van der Waals surface area contributed by atoms with Gasteiger partial charge in [0.25, 0.3) is 0 Å². The second kappa shape index (κ2) is 6.02. The molecule has 0 radical (unpaired) electrons. The largest absolute Gasteiger partial charge is 0.313 e. The fourth-order valence-electron chi connectivity index (χ4n) is 3.08. The van der Waals surface area contributed by atoms with Gasteiger partial charge >= 0.3 is 0 Å². The van der Waals surface area contributed by atoms with E-state index in [0.717, 1.165) is 29.0 Å². The molecular formula is C20H19FN2S. The van der Waals surface area contributed by atoms with Crippen molar-refractivity contribution < 1.29 is 4.39 Å². The van der Waals surface area contributed by atoms with Gasteiger partial charge in [0, 0.05) is 17.0 Å². The lowest BCUT2D eigenvalue weighted by Crippen LogP contribution is -2.14. The highest BCUT2D eigenvalue weighted by Gasteiger charge is 2.28. The summed E-state index contributed by atoms with van der Waals surface area (Å²) < 4.78 is 16.5. The predicted octanol–water partition coefficient (Wildman–Crippen LogP) is 5.54. The summed E-state index contributed by atoms with van der Waals surface area (Å²) in [5.41, 5.74) is 4.96. The molecule has 2 nitrogen and oxygen atoms in total. The molecule has 1 aliphatic rings. The standard InChI is InChI=1S/C20H19FN2S/c1-13-9-14(2)11-15(10-13)22-20-23(16-7-8-16)19(12-24-20)17-5-3-4-6-18(17)21/h3-6,9-12,16H,7-8H2,1-2H3. The molecular weight excluding hydrogens is 319 g/mol. The van der Waals surface area contributed by atoms with Crippen LogP contribution in [0.5, 0.6) is 0 Å². The highest BCUT2D eigenvalue weighted by Crippen LogP contribution is 2.38. The summed E-state index contributed by atoms with van der Waals surface area (Å²) in [6.07, 6.45) is 2.27. The van der Waals surface area contributed by atoms with Crippen molar-refractivity contribution in [2.75, 3.05) is 0 Å². The van der Waals surface area contributed by atoms with E-state index in [9.17, 15) is 4.39 Å². The van der Waals surface area contributed by atoms with Crippen LogP contribution in [0.15, 0.2) is 52.8 Å². The average Bonchev–Trinajstić information content (AvgIpc) is 3.28. The molecule has 1 aliphatic carbocycles. The molecule has 24 heavy (non-hydrogen) atoms. The van der Waals surface area contributed by atoms with Gasteiger partial charge in [-0.1, -0.05) is 18.2 Å². The maximum atomic E-state index is 14.2. The molecule has 1 saturated carbocycles. The summed E-state index contributed by atoms with van der Waals surface area (Å²) in [6, 6.07) is 13.7. The van der Waals surface area contributed by atoms with Crippen molar-refractivity contribution in [1.82, 2.24) is 4.57 Å². The molecule has 0 N–H and O–H groups in total. The predicted molar refractivity (Wildman–Crippen MR) is 97.1 cm³/mol. The summed E-state index contributed by atoms with van der Waals surface area (Å²) in [6.45, 7) is 4.17. The molecule has 0 spiro atoms. The fourth-order valence-corrected chi connectivity index (χ4v) is 4.06. The number of nitrogens with zero attached hydrogens (tertiary/aromatic N) is 2. The Morgan fingerprint density at radius 1 is 1.08 bits per heavy atom. The molecule has 2 aromatic carbocycles. The minimum absolute atomic E-state index is 0.178. The summed E-state index contributed by atoms with van der Waals surface area (Å²) in [5, 5.41) is 2.03. The van der Waals surface area contributed by atoms with Crippen LogP contribution in [0.25, 0.3) is 11.3 Å². The lowest BCUT2D eigenvalue weighted by molar-refractivity contribution is 0.626. The fraction of sp³-hybridized carbons (Fsp3) is 0.250. The third kappa shape index (κ3) is 2.94. The van der Waals surface area contributed by atoms with E-state index in [-0.39, 0.29) is 5.82 Å². The molecule has 4 rings (SSSR count). The number of rotatable bonds is 3. The van der Waals surface area contributed by atoms with Crippen LogP contribution in [0.4, 0.5) is 10.1 Å². The van der Waals surface area contributed by atoms with Crippen molar-refractivity contribution in [3.05, 3.63) is 69.6 Å². The monoisotopic (exact) mass is 338 g/mol. The second-order valence-electron chi connectivity index (χ2n) is 6.44. The summed E-state index contributed by atoms with van der Waals surface area (Å²) >= 11 is 1.58. The maximum absolute atomic E-state index is 14.2. The first-order chi connectivity index (χ1) is 11.6. The van der Waals surface area contributed by atoms with Gasteiger partial charge in [-0.25, -0.2) is 9.38 Å². The molecule has 1 fully saturated rings. The highest BCUT2D eigenvalue weighted by molar-refractivity contribution is 7.07. The van der Waals surface area contributed by atoms with Crippen molar-refractivity contribution >= 4 is 17.0 Å². The quantitative estimate of drug-likeness (QED) is 0.596. The minimum Gasteiger partial charge on any atom is -0.313 e. The van der Waals surface area contributed by atoms with Gasteiger partial charge in [0.1, 0.15) is 5.82 Å². The van der Waals surface area contributed by atoms with Crippen LogP contribution < -0.4 is 4.80 Å². The van der Waals surface area contributed by atoms with Crippen LogP contribution >= 0.6 is 11.3 Å². The van der Waals surface area contributed by atoms with Gasteiger partial charge in [-0.2, -0.15) is 0 Å². The molecule has 1 heterocycles. The Hall–Kier alpha value is -2.20. The Bertz CT molecular complexity index is 944. The van der Waals surface area contributed by atoms with Crippen LogP contribution in [-0.4, -0.2) is 4.57 Å². The van der Waals surface area contributed by atoms with E-state index >= 15 is 0 Å². The zero-order valence-corrected chi connectivity index (χ0v) is 14.6. The van der Waals surface area contributed by atoms with Crippen LogP contribution in [-0.2, 0) is 0 Å². The maximum Gasteiger partial charge on any atom is 0.190 e. The van der Waals surface area contributed by atoms with Crippen LogP contribution in [0.3, 0.4) is 0 Å². The zero-order chi connectivity index (χ0) is 16.7. The molecule has 0 saturated heterocycles. The Labute approximate surface area is 144 Å². The Morgan fingerprint density at radius 2 is 1.79 bits per heavy atom. The average molecular weight is 338 g/mol. The van der Waals surface area contributed by atoms with Gasteiger partial charge < -0.3 is 4.57 Å². The van der Waals surface area contributed by atoms with Crippen molar-refractivity contribution in [2.45, 2.75) is 32.7 Å². The Balaban J connectivity index is 1.88. The van der Waals surface area contributed by atoms with Gasteiger partial charge in [-0.15, -0.1) is 11.3 Å². The van der Waals surface area contributed by atoms with Crippen molar-refractivity contribution in [3.63, 3.8) is 0 Å². The number of benzene rings is 2. The molecule has 122 valence electrons. The van der Waals surface area contributed by atoms with E-state index in [4.69, 9.17) is 4.99 Å². The SMILES string of the molecule is Cc1cc(C)cc(N=c2scc(-c3ccccc3F)n2C2CC2)c1. The molecule has 0 unspecified atom stereocenters. The molecule has 4 heteroatoms. The van der Waals surface area contributed by atoms with Crippen LogP contribution in [0.1, 0.15) is 30.0 Å². The Morgan fingerprint density at radius 3 is 2.46 bits per heavy atom. The second-order valence-corrected chi connectivity index (χ2v) is 7.28. The first-order valence-corrected chi connectivity index (χ1v) is 9.08. The van der Waals surface area contributed by atoms with E-state index < -0.39 is 0 Å². The summed E-state index contributed by atoms with van der Waals surface area (Å²) in [7, 11) is 0. The van der Waals surface area contributed by atoms with E-state index in [1.54, 1.807) is 17.4 Å². The molecule has 0 amide bonds.